The second-order valence-corrected chi connectivity index (χ2v) is 12.5. The molecule has 0 bridgehead atoms. The van der Waals surface area contributed by atoms with Crippen molar-refractivity contribution in [2.24, 2.45) is 5.41 Å². The summed E-state index contributed by atoms with van der Waals surface area (Å²) in [6, 6.07) is 11.4. The highest BCUT2D eigenvalue weighted by Crippen LogP contribution is 2.39. The van der Waals surface area contributed by atoms with Crippen LogP contribution in [0.2, 0.25) is 5.02 Å². The third-order valence-corrected chi connectivity index (χ3v) is 7.15. The molecule has 1 N–H and O–H groups in total. The van der Waals surface area contributed by atoms with Crippen molar-refractivity contribution >= 4 is 33.2 Å². The van der Waals surface area contributed by atoms with Crippen LogP contribution >= 0.6 is 11.6 Å². The molecule has 6 nitrogen and oxygen atoms in total. The summed E-state index contributed by atoms with van der Waals surface area (Å²) in [5.74, 6) is -0.0610. The van der Waals surface area contributed by atoms with Crippen molar-refractivity contribution in [3.05, 3.63) is 53.1 Å². The summed E-state index contributed by atoms with van der Waals surface area (Å²) in [6.45, 7) is 12.0. The number of sulfonamides is 1. The van der Waals surface area contributed by atoms with Crippen LogP contribution in [0.4, 0.5) is 5.69 Å². The van der Waals surface area contributed by atoms with Gasteiger partial charge in [0, 0.05) is 10.6 Å². The number of ether oxygens (including phenoxy) is 1. The van der Waals surface area contributed by atoms with E-state index in [0.717, 1.165) is 12.0 Å². The van der Waals surface area contributed by atoms with Gasteiger partial charge in [0.05, 0.1) is 17.1 Å². The lowest BCUT2D eigenvalue weighted by Crippen LogP contribution is -2.55. The smallest absolute Gasteiger partial charge is 0.264 e. The average molecular weight is 479 g/mol. The highest BCUT2D eigenvalue weighted by Gasteiger charge is 2.39. The number of nitrogens with one attached hydrogen (secondary N) is 1. The number of benzene rings is 2. The lowest BCUT2D eigenvalue weighted by molar-refractivity contribution is -0.129. The van der Waals surface area contributed by atoms with Crippen LogP contribution in [-0.4, -0.2) is 32.5 Å². The Kier molecular flexibility index (Phi) is 6.55. The van der Waals surface area contributed by atoms with Crippen LogP contribution in [0.5, 0.6) is 5.75 Å². The fourth-order valence-corrected chi connectivity index (χ4v) is 5.84. The molecule has 1 heterocycles. The van der Waals surface area contributed by atoms with Gasteiger partial charge in [-0.3, -0.25) is 9.10 Å². The number of nitrogens with zero attached hydrogens (tertiary/aromatic N) is 1. The molecule has 1 amide bonds. The summed E-state index contributed by atoms with van der Waals surface area (Å²) in [7, 11) is -3.93. The third-order valence-electron chi connectivity index (χ3n) is 5.13. The number of halogens is 1. The van der Waals surface area contributed by atoms with Gasteiger partial charge >= 0.3 is 0 Å². The van der Waals surface area contributed by atoms with Gasteiger partial charge in [-0.2, -0.15) is 0 Å². The summed E-state index contributed by atoms with van der Waals surface area (Å²) >= 11 is 6.15. The molecule has 0 saturated carbocycles. The molecule has 0 spiro atoms. The molecule has 3 rings (SSSR count). The Labute approximate surface area is 196 Å². The molecule has 1 unspecified atom stereocenters. The number of anilines is 1. The lowest BCUT2D eigenvalue weighted by Gasteiger charge is -2.38. The first-order valence-electron chi connectivity index (χ1n) is 10.6. The first kappa shape index (κ1) is 24.4. The normalized spacial score (nSPS) is 16.8. The topological polar surface area (TPSA) is 75.7 Å². The van der Waals surface area contributed by atoms with E-state index in [1.165, 1.54) is 4.31 Å². The zero-order chi connectivity index (χ0) is 23.9. The quantitative estimate of drug-likeness (QED) is 0.660. The Bertz CT molecular complexity index is 1110. The Morgan fingerprint density at radius 1 is 1.12 bits per heavy atom. The summed E-state index contributed by atoms with van der Waals surface area (Å²) in [5.41, 5.74) is 0.789. The summed E-state index contributed by atoms with van der Waals surface area (Å²) < 4.78 is 34.2. The summed E-state index contributed by atoms with van der Waals surface area (Å²) in [5, 5.41) is 3.41. The van der Waals surface area contributed by atoms with Gasteiger partial charge in [0.15, 0.2) is 6.10 Å². The van der Waals surface area contributed by atoms with Crippen LogP contribution in [0, 0.1) is 12.3 Å². The summed E-state index contributed by atoms with van der Waals surface area (Å²) in [6.07, 6.45) is -0.251. The van der Waals surface area contributed by atoms with E-state index in [1.54, 1.807) is 42.5 Å². The van der Waals surface area contributed by atoms with E-state index in [4.69, 9.17) is 16.3 Å². The average Bonchev–Trinajstić information content (AvgIpc) is 2.65. The SMILES string of the molecule is Cc1ccc(S(=O)(=O)N2CC(C(=O)NC(C)(C)CC(C)(C)C)Oc3ccc(Cl)cc32)cc1. The maximum atomic E-state index is 13.5. The highest BCUT2D eigenvalue weighted by atomic mass is 35.5. The zero-order valence-electron chi connectivity index (χ0n) is 19.4. The molecule has 0 aliphatic carbocycles. The van der Waals surface area contributed by atoms with E-state index in [0.29, 0.717) is 16.5 Å². The predicted molar refractivity (Wildman–Crippen MR) is 128 cm³/mol. The van der Waals surface area contributed by atoms with Crippen molar-refractivity contribution < 1.29 is 17.9 Å². The molecule has 2 aromatic rings. The van der Waals surface area contributed by atoms with E-state index < -0.39 is 21.7 Å². The molecule has 1 aliphatic heterocycles. The van der Waals surface area contributed by atoms with Crippen molar-refractivity contribution in [2.75, 3.05) is 10.8 Å². The van der Waals surface area contributed by atoms with Gasteiger partial charge in [-0.05, 0) is 62.9 Å². The van der Waals surface area contributed by atoms with Gasteiger partial charge in [0.2, 0.25) is 0 Å². The van der Waals surface area contributed by atoms with Crippen molar-refractivity contribution in [3.8, 4) is 5.75 Å². The molecule has 1 atom stereocenters. The number of hydrogen-bond donors (Lipinski definition) is 1. The first-order valence-corrected chi connectivity index (χ1v) is 12.4. The van der Waals surface area contributed by atoms with E-state index in [9.17, 15) is 13.2 Å². The van der Waals surface area contributed by atoms with Gasteiger partial charge in [-0.25, -0.2) is 8.42 Å². The van der Waals surface area contributed by atoms with Crippen molar-refractivity contribution in [2.45, 2.75) is 64.5 Å². The Hall–Kier alpha value is -2.25. The fraction of sp³-hybridized carbons (Fsp3) is 0.458. The molecule has 1 aliphatic rings. The molecule has 0 saturated heterocycles. The van der Waals surface area contributed by atoms with Crippen LogP contribution in [0.3, 0.4) is 0 Å². The molecular formula is C24H31ClN2O4S. The second-order valence-electron chi connectivity index (χ2n) is 10.2. The largest absolute Gasteiger partial charge is 0.476 e. The van der Waals surface area contributed by atoms with Crippen molar-refractivity contribution in [1.29, 1.82) is 0 Å². The van der Waals surface area contributed by atoms with E-state index in [2.05, 4.69) is 26.1 Å². The maximum absolute atomic E-state index is 13.5. The second kappa shape index (κ2) is 8.60. The van der Waals surface area contributed by atoms with Gasteiger partial charge in [0.1, 0.15) is 5.75 Å². The predicted octanol–water partition coefficient (Wildman–Crippen LogP) is 4.94. The van der Waals surface area contributed by atoms with Crippen LogP contribution in [0.15, 0.2) is 47.4 Å². The molecular weight excluding hydrogens is 448 g/mol. The molecule has 0 fully saturated rings. The van der Waals surface area contributed by atoms with E-state index in [1.807, 2.05) is 20.8 Å². The highest BCUT2D eigenvalue weighted by molar-refractivity contribution is 7.92. The number of rotatable bonds is 5. The van der Waals surface area contributed by atoms with Gasteiger partial charge in [-0.1, -0.05) is 50.1 Å². The van der Waals surface area contributed by atoms with E-state index >= 15 is 0 Å². The lowest BCUT2D eigenvalue weighted by atomic mass is 9.81. The molecule has 8 heteroatoms. The van der Waals surface area contributed by atoms with Crippen molar-refractivity contribution in [3.63, 3.8) is 0 Å². The minimum atomic E-state index is -3.93. The molecule has 32 heavy (non-hydrogen) atoms. The molecule has 2 aromatic carbocycles. The van der Waals surface area contributed by atoms with Gasteiger partial charge < -0.3 is 10.1 Å². The number of hydrogen-bond acceptors (Lipinski definition) is 4. The number of carbonyl (C=O) groups excluding carboxylic acids is 1. The summed E-state index contributed by atoms with van der Waals surface area (Å²) in [4.78, 5) is 13.3. The van der Waals surface area contributed by atoms with Crippen molar-refractivity contribution in [1.82, 2.24) is 5.32 Å². The van der Waals surface area contributed by atoms with Crippen LogP contribution in [0.25, 0.3) is 0 Å². The molecule has 0 radical (unpaired) electrons. The first-order chi connectivity index (χ1) is 14.7. The Morgan fingerprint density at radius 3 is 2.34 bits per heavy atom. The van der Waals surface area contributed by atoms with E-state index in [-0.39, 0.29) is 22.8 Å². The fourth-order valence-electron chi connectivity index (χ4n) is 4.21. The Balaban J connectivity index is 1.95. The third kappa shape index (κ3) is 5.56. The monoisotopic (exact) mass is 478 g/mol. The number of aryl methyl sites for hydroxylation is 1. The minimum Gasteiger partial charge on any atom is -0.476 e. The number of fused-ring (bicyclic) bond motifs is 1. The number of carbonyl (C=O) groups is 1. The minimum absolute atomic E-state index is 0.00830. The van der Waals surface area contributed by atoms with Gasteiger partial charge in [-0.15, -0.1) is 0 Å². The zero-order valence-corrected chi connectivity index (χ0v) is 21.0. The van der Waals surface area contributed by atoms with Crippen LogP contribution in [-0.2, 0) is 14.8 Å². The van der Waals surface area contributed by atoms with Crippen LogP contribution in [0.1, 0.15) is 46.6 Å². The maximum Gasteiger partial charge on any atom is 0.264 e. The molecule has 174 valence electrons. The van der Waals surface area contributed by atoms with Crippen LogP contribution < -0.4 is 14.4 Å². The molecule has 0 aromatic heterocycles. The van der Waals surface area contributed by atoms with Gasteiger partial charge in [0.25, 0.3) is 15.9 Å². The standard InChI is InChI=1S/C24H31ClN2O4S/c1-16-7-10-18(11-8-16)32(29,30)27-14-21(31-20-12-9-17(25)13-19(20)27)22(28)26-24(5,6)15-23(2,3)4/h7-13,21H,14-15H2,1-6H3,(H,26,28). The Morgan fingerprint density at radius 2 is 1.75 bits per heavy atom. The number of amides is 1.